The lowest BCUT2D eigenvalue weighted by atomic mass is 10.1. The Hall–Kier alpha value is -1.30. The van der Waals surface area contributed by atoms with Gasteiger partial charge in [0.05, 0.1) is 6.42 Å². The number of carbonyl (C=O) groups is 2. The first-order chi connectivity index (χ1) is 9.92. The quantitative estimate of drug-likeness (QED) is 0.636. The van der Waals surface area contributed by atoms with E-state index < -0.39 is 5.97 Å². The zero-order valence-corrected chi connectivity index (χ0v) is 13.4. The maximum absolute atomic E-state index is 11.9. The van der Waals surface area contributed by atoms with Crippen LogP contribution in [0.4, 0.5) is 4.79 Å². The molecule has 0 spiro atoms. The highest BCUT2D eigenvalue weighted by Crippen LogP contribution is 2.17. The first-order valence-electron chi connectivity index (χ1n) is 7.92. The Labute approximate surface area is 127 Å². The molecule has 6 nitrogen and oxygen atoms in total. The van der Waals surface area contributed by atoms with Crippen molar-refractivity contribution in [1.29, 1.82) is 0 Å². The van der Waals surface area contributed by atoms with Gasteiger partial charge >= 0.3 is 12.0 Å². The maximum atomic E-state index is 11.9. The molecular formula is C15H29N3O3. The molecule has 0 bridgehead atoms. The zero-order valence-electron chi connectivity index (χ0n) is 13.4. The van der Waals surface area contributed by atoms with Gasteiger partial charge in [0.15, 0.2) is 0 Å². The molecule has 0 aromatic carbocycles. The molecule has 0 aromatic heterocycles. The van der Waals surface area contributed by atoms with Crippen molar-refractivity contribution < 1.29 is 14.7 Å². The first-order valence-corrected chi connectivity index (χ1v) is 7.92. The van der Waals surface area contributed by atoms with Crippen LogP contribution >= 0.6 is 0 Å². The van der Waals surface area contributed by atoms with E-state index in [1.165, 1.54) is 0 Å². The average molecular weight is 299 g/mol. The van der Waals surface area contributed by atoms with Crippen LogP contribution in [0.3, 0.4) is 0 Å². The Morgan fingerprint density at radius 3 is 2.62 bits per heavy atom. The summed E-state index contributed by atoms with van der Waals surface area (Å²) < 4.78 is 0. The molecule has 0 radical (unpaired) electrons. The van der Waals surface area contributed by atoms with Gasteiger partial charge in [-0.25, -0.2) is 4.79 Å². The summed E-state index contributed by atoms with van der Waals surface area (Å²) in [6.45, 7) is 9.11. The van der Waals surface area contributed by atoms with Gasteiger partial charge in [-0.1, -0.05) is 13.3 Å². The number of rotatable bonds is 8. The topological polar surface area (TPSA) is 81.7 Å². The van der Waals surface area contributed by atoms with Gasteiger partial charge in [-0.05, 0) is 39.2 Å². The van der Waals surface area contributed by atoms with Crippen LogP contribution in [0.2, 0.25) is 0 Å². The lowest BCUT2D eigenvalue weighted by Gasteiger charge is -2.21. The molecule has 2 atom stereocenters. The highest BCUT2D eigenvalue weighted by molar-refractivity contribution is 5.75. The van der Waals surface area contributed by atoms with E-state index in [4.69, 9.17) is 5.11 Å². The highest BCUT2D eigenvalue weighted by Gasteiger charge is 2.24. The molecule has 0 saturated carbocycles. The fraction of sp³-hybridized carbons (Fsp3) is 0.867. The second-order valence-electron chi connectivity index (χ2n) is 6.18. The second-order valence-corrected chi connectivity index (χ2v) is 6.18. The van der Waals surface area contributed by atoms with Gasteiger partial charge < -0.3 is 20.6 Å². The first kappa shape index (κ1) is 17.8. The Kier molecular flexibility index (Phi) is 7.50. The van der Waals surface area contributed by atoms with E-state index in [1.54, 1.807) is 0 Å². The number of nitrogens with zero attached hydrogens (tertiary/aromatic N) is 1. The molecule has 1 heterocycles. The summed E-state index contributed by atoms with van der Waals surface area (Å²) in [5.41, 5.74) is 0. The number of urea groups is 1. The standard InChI is InChI=1S/C15H29N3O3/c1-4-5-13(8-14(19)20)17-15(21)16-9-12-6-7-18(10-12)11(2)3/h11-13H,4-10H2,1-3H3,(H,19,20)(H2,16,17,21). The number of likely N-dealkylation sites (tertiary alicyclic amines) is 1. The van der Waals surface area contributed by atoms with E-state index in [0.29, 0.717) is 24.9 Å². The fourth-order valence-corrected chi connectivity index (χ4v) is 2.76. The van der Waals surface area contributed by atoms with Crippen molar-refractivity contribution in [2.24, 2.45) is 5.92 Å². The van der Waals surface area contributed by atoms with Gasteiger partial charge in [0, 0.05) is 25.2 Å². The van der Waals surface area contributed by atoms with Gasteiger partial charge in [-0.2, -0.15) is 0 Å². The number of amides is 2. The lowest BCUT2D eigenvalue weighted by Crippen LogP contribution is -2.44. The number of carbonyl (C=O) groups excluding carboxylic acids is 1. The number of carboxylic acid groups (broad SMARTS) is 1. The van der Waals surface area contributed by atoms with Crippen molar-refractivity contribution in [2.45, 2.75) is 58.5 Å². The van der Waals surface area contributed by atoms with Crippen molar-refractivity contribution in [3.8, 4) is 0 Å². The average Bonchev–Trinajstić information content (AvgIpc) is 2.84. The number of carboxylic acids is 1. The number of nitrogens with one attached hydrogen (secondary N) is 2. The normalized spacial score (nSPS) is 20.5. The van der Waals surface area contributed by atoms with Gasteiger partial charge in [-0.3, -0.25) is 4.79 Å². The summed E-state index contributed by atoms with van der Waals surface area (Å²) in [5, 5.41) is 14.5. The van der Waals surface area contributed by atoms with Gasteiger partial charge in [-0.15, -0.1) is 0 Å². The minimum absolute atomic E-state index is 0.0220. The van der Waals surface area contributed by atoms with Crippen LogP contribution in [-0.2, 0) is 4.79 Å². The predicted octanol–water partition coefficient (Wildman–Crippen LogP) is 1.66. The molecule has 1 fully saturated rings. The Bertz CT molecular complexity index is 347. The van der Waals surface area contributed by atoms with Crippen LogP contribution < -0.4 is 10.6 Å². The van der Waals surface area contributed by atoms with Crippen LogP contribution in [0, 0.1) is 5.92 Å². The summed E-state index contributed by atoms with van der Waals surface area (Å²) in [7, 11) is 0. The van der Waals surface area contributed by atoms with E-state index in [0.717, 1.165) is 25.9 Å². The minimum atomic E-state index is -0.878. The maximum Gasteiger partial charge on any atom is 0.315 e. The van der Waals surface area contributed by atoms with Crippen molar-refractivity contribution >= 4 is 12.0 Å². The molecule has 0 aromatic rings. The van der Waals surface area contributed by atoms with Gasteiger partial charge in [0.1, 0.15) is 0 Å². The Morgan fingerprint density at radius 2 is 2.10 bits per heavy atom. The third-order valence-corrected chi connectivity index (χ3v) is 3.99. The van der Waals surface area contributed by atoms with Crippen molar-refractivity contribution in [3.63, 3.8) is 0 Å². The molecule has 3 N–H and O–H groups in total. The fourth-order valence-electron chi connectivity index (χ4n) is 2.76. The van der Waals surface area contributed by atoms with E-state index in [2.05, 4.69) is 29.4 Å². The van der Waals surface area contributed by atoms with E-state index in [1.807, 2.05) is 6.92 Å². The SMILES string of the molecule is CCCC(CC(=O)O)NC(=O)NCC1CCN(C(C)C)C1. The van der Waals surface area contributed by atoms with Crippen molar-refractivity contribution in [1.82, 2.24) is 15.5 Å². The largest absolute Gasteiger partial charge is 0.481 e. The molecule has 2 unspecified atom stereocenters. The number of hydrogen-bond acceptors (Lipinski definition) is 3. The van der Waals surface area contributed by atoms with E-state index in [9.17, 15) is 9.59 Å². The summed E-state index contributed by atoms with van der Waals surface area (Å²) in [6.07, 6.45) is 2.62. The summed E-state index contributed by atoms with van der Waals surface area (Å²) in [6, 6.07) is 0.00858. The Balaban J connectivity index is 2.28. The number of hydrogen-bond donors (Lipinski definition) is 3. The van der Waals surface area contributed by atoms with Gasteiger partial charge in [0.25, 0.3) is 0 Å². The predicted molar refractivity (Wildman–Crippen MR) is 82.3 cm³/mol. The molecule has 1 aliphatic rings. The highest BCUT2D eigenvalue weighted by atomic mass is 16.4. The van der Waals surface area contributed by atoms with Gasteiger partial charge in [0.2, 0.25) is 0 Å². The van der Waals surface area contributed by atoms with E-state index >= 15 is 0 Å². The third-order valence-electron chi connectivity index (χ3n) is 3.99. The van der Waals surface area contributed by atoms with E-state index in [-0.39, 0.29) is 18.5 Å². The lowest BCUT2D eigenvalue weighted by molar-refractivity contribution is -0.137. The summed E-state index contributed by atoms with van der Waals surface area (Å²) >= 11 is 0. The van der Waals surface area contributed by atoms with Crippen LogP contribution in [0.25, 0.3) is 0 Å². The third kappa shape index (κ3) is 6.80. The molecule has 2 amide bonds. The smallest absolute Gasteiger partial charge is 0.315 e. The summed E-state index contributed by atoms with van der Waals surface area (Å²) in [5.74, 6) is -0.389. The summed E-state index contributed by atoms with van der Waals surface area (Å²) in [4.78, 5) is 25.0. The van der Waals surface area contributed by atoms with Crippen LogP contribution in [0.5, 0.6) is 0 Å². The number of aliphatic carboxylic acids is 1. The second kappa shape index (κ2) is 8.87. The molecule has 21 heavy (non-hydrogen) atoms. The minimum Gasteiger partial charge on any atom is -0.481 e. The van der Waals surface area contributed by atoms with Crippen molar-refractivity contribution in [3.05, 3.63) is 0 Å². The molecule has 0 aliphatic carbocycles. The molecule has 122 valence electrons. The van der Waals surface area contributed by atoms with Crippen molar-refractivity contribution in [2.75, 3.05) is 19.6 Å². The van der Waals surface area contributed by atoms with Crippen LogP contribution in [-0.4, -0.2) is 53.7 Å². The Morgan fingerprint density at radius 1 is 1.38 bits per heavy atom. The molecule has 1 aliphatic heterocycles. The molecular weight excluding hydrogens is 270 g/mol. The molecule has 1 saturated heterocycles. The van der Waals surface area contributed by atoms with Crippen LogP contribution in [0.1, 0.15) is 46.5 Å². The van der Waals surface area contributed by atoms with Crippen LogP contribution in [0.15, 0.2) is 0 Å². The zero-order chi connectivity index (χ0) is 15.8. The molecule has 1 rings (SSSR count). The molecule has 6 heteroatoms. The monoisotopic (exact) mass is 299 g/mol.